The number of hydrogen-bond acceptors (Lipinski definition) is 2. The van der Waals surface area contributed by atoms with Crippen molar-refractivity contribution in [1.82, 2.24) is 4.90 Å². The number of rotatable bonds is 2. The average Bonchev–Trinajstić information content (AvgIpc) is 3.18. The maximum atomic E-state index is 4.68. The van der Waals surface area contributed by atoms with Crippen LogP contribution in [0.4, 0.5) is 0 Å². The van der Waals surface area contributed by atoms with Crippen LogP contribution in [0.15, 0.2) is 59.6 Å². The Hall–Kier alpha value is -2.09. The van der Waals surface area contributed by atoms with E-state index in [0.29, 0.717) is 5.92 Å². The number of hydrogen-bond donors (Lipinski definition) is 0. The fourth-order valence-corrected chi connectivity index (χ4v) is 3.84. The Morgan fingerprint density at radius 2 is 1.65 bits per heavy atom. The molecule has 0 aromatic heterocycles. The average molecular weight is 304 g/mol. The van der Waals surface area contributed by atoms with Gasteiger partial charge in [0.05, 0.1) is 5.84 Å². The highest BCUT2D eigenvalue weighted by Crippen LogP contribution is 2.30. The van der Waals surface area contributed by atoms with Gasteiger partial charge in [0.1, 0.15) is 0 Å². The molecule has 2 aliphatic rings. The van der Waals surface area contributed by atoms with Gasteiger partial charge in [-0.05, 0) is 36.0 Å². The summed E-state index contributed by atoms with van der Waals surface area (Å²) in [6, 6.07) is 19.8. The number of likely N-dealkylation sites (tertiary alicyclic amines) is 1. The van der Waals surface area contributed by atoms with Crippen molar-refractivity contribution in [3.05, 3.63) is 60.2 Å². The molecule has 2 aromatic rings. The summed E-state index contributed by atoms with van der Waals surface area (Å²) in [4.78, 5) is 7.22. The highest BCUT2D eigenvalue weighted by Gasteiger charge is 2.24. The van der Waals surface area contributed by atoms with Crippen LogP contribution in [0.3, 0.4) is 0 Å². The molecule has 23 heavy (non-hydrogen) atoms. The third-order valence-corrected chi connectivity index (χ3v) is 5.13. The van der Waals surface area contributed by atoms with Crippen molar-refractivity contribution in [2.24, 2.45) is 4.99 Å². The summed E-state index contributed by atoms with van der Waals surface area (Å²) >= 11 is 0. The minimum Gasteiger partial charge on any atom is -0.360 e. The van der Waals surface area contributed by atoms with Crippen LogP contribution in [0, 0.1) is 0 Å². The summed E-state index contributed by atoms with van der Waals surface area (Å²) in [6.07, 6.45) is 5.00. The predicted molar refractivity (Wildman–Crippen MR) is 97.0 cm³/mol. The molecule has 2 aromatic carbocycles. The van der Waals surface area contributed by atoms with Gasteiger partial charge in [0.15, 0.2) is 0 Å². The minimum atomic E-state index is 0.650. The van der Waals surface area contributed by atoms with Crippen molar-refractivity contribution in [3.63, 3.8) is 0 Å². The van der Waals surface area contributed by atoms with Gasteiger partial charge in [-0.15, -0.1) is 0 Å². The molecule has 1 saturated heterocycles. The van der Waals surface area contributed by atoms with Gasteiger partial charge in [-0.3, -0.25) is 4.99 Å². The van der Waals surface area contributed by atoms with Crippen LogP contribution in [-0.2, 0) is 0 Å². The largest absolute Gasteiger partial charge is 0.360 e. The minimum absolute atomic E-state index is 0.650. The maximum absolute atomic E-state index is 4.68. The number of nitrogens with zero attached hydrogens (tertiary/aromatic N) is 2. The van der Waals surface area contributed by atoms with Gasteiger partial charge in [0.2, 0.25) is 0 Å². The summed E-state index contributed by atoms with van der Waals surface area (Å²) < 4.78 is 0. The molecule has 0 spiro atoms. The predicted octanol–water partition coefficient (Wildman–Crippen LogP) is 4.73. The van der Waals surface area contributed by atoms with Gasteiger partial charge in [0, 0.05) is 32.0 Å². The summed E-state index contributed by atoms with van der Waals surface area (Å²) in [7, 11) is 0. The Bertz CT molecular complexity index is 673. The van der Waals surface area contributed by atoms with Gasteiger partial charge in [-0.25, -0.2) is 0 Å². The van der Waals surface area contributed by atoms with Gasteiger partial charge in [0.25, 0.3) is 0 Å². The molecule has 0 amide bonds. The van der Waals surface area contributed by atoms with Crippen molar-refractivity contribution in [2.75, 3.05) is 19.6 Å². The second kappa shape index (κ2) is 6.57. The lowest BCUT2D eigenvalue weighted by atomic mass is 9.89. The van der Waals surface area contributed by atoms with Gasteiger partial charge in [-0.2, -0.15) is 0 Å². The first-order valence-electron chi connectivity index (χ1n) is 8.84. The van der Waals surface area contributed by atoms with E-state index in [1.165, 1.54) is 54.8 Å². The van der Waals surface area contributed by atoms with E-state index in [0.717, 1.165) is 13.1 Å². The third kappa shape index (κ3) is 3.17. The highest BCUT2D eigenvalue weighted by molar-refractivity contribution is 5.83. The standard InChI is InChI=1S/C21H24N2/c1-2-6-17(7-3-1)18-10-12-19(13-11-18)20-8-5-15-23(16-20)21-9-4-14-22-21/h1-3,6-7,10-13,20H,4-5,8-9,14-16H2. The molecule has 0 bridgehead atoms. The summed E-state index contributed by atoms with van der Waals surface area (Å²) in [5, 5.41) is 0. The van der Waals surface area contributed by atoms with E-state index in [9.17, 15) is 0 Å². The molecular formula is C21H24N2. The molecule has 2 heteroatoms. The van der Waals surface area contributed by atoms with Crippen LogP contribution in [-0.4, -0.2) is 30.4 Å². The van der Waals surface area contributed by atoms with Crippen molar-refractivity contribution in [2.45, 2.75) is 31.6 Å². The number of benzene rings is 2. The number of aliphatic imine (C=N–C) groups is 1. The quantitative estimate of drug-likeness (QED) is 0.783. The Kier molecular flexibility index (Phi) is 4.14. The zero-order valence-corrected chi connectivity index (χ0v) is 13.6. The summed E-state index contributed by atoms with van der Waals surface area (Å²) in [6.45, 7) is 3.36. The second-order valence-electron chi connectivity index (χ2n) is 6.67. The summed E-state index contributed by atoms with van der Waals surface area (Å²) in [5.74, 6) is 2.01. The lowest BCUT2D eigenvalue weighted by Crippen LogP contribution is -2.38. The van der Waals surface area contributed by atoms with Crippen LogP contribution in [0.1, 0.15) is 37.2 Å². The molecule has 0 N–H and O–H groups in total. The molecule has 0 saturated carbocycles. The molecule has 4 rings (SSSR count). The molecule has 1 fully saturated rings. The van der Waals surface area contributed by atoms with E-state index in [1.807, 2.05) is 0 Å². The summed E-state index contributed by atoms with van der Waals surface area (Å²) in [5.41, 5.74) is 4.08. The smallest absolute Gasteiger partial charge is 0.0989 e. The van der Waals surface area contributed by atoms with Crippen LogP contribution in [0.5, 0.6) is 0 Å². The first kappa shape index (κ1) is 14.5. The van der Waals surface area contributed by atoms with Crippen LogP contribution < -0.4 is 0 Å². The molecular weight excluding hydrogens is 280 g/mol. The van der Waals surface area contributed by atoms with Crippen molar-refractivity contribution in [3.8, 4) is 11.1 Å². The SMILES string of the molecule is c1ccc(-c2ccc(C3CCCN(C4=NCCC4)C3)cc2)cc1. The maximum Gasteiger partial charge on any atom is 0.0989 e. The highest BCUT2D eigenvalue weighted by atomic mass is 15.2. The second-order valence-corrected chi connectivity index (χ2v) is 6.67. The molecule has 2 heterocycles. The van der Waals surface area contributed by atoms with E-state index in [-0.39, 0.29) is 0 Å². The third-order valence-electron chi connectivity index (χ3n) is 5.13. The van der Waals surface area contributed by atoms with Crippen molar-refractivity contribution < 1.29 is 0 Å². The van der Waals surface area contributed by atoms with E-state index >= 15 is 0 Å². The molecule has 2 nitrogen and oxygen atoms in total. The monoisotopic (exact) mass is 304 g/mol. The zero-order chi connectivity index (χ0) is 15.5. The fourth-order valence-electron chi connectivity index (χ4n) is 3.84. The molecule has 118 valence electrons. The first-order chi connectivity index (χ1) is 11.4. The van der Waals surface area contributed by atoms with Gasteiger partial charge >= 0.3 is 0 Å². The van der Waals surface area contributed by atoms with E-state index < -0.39 is 0 Å². The van der Waals surface area contributed by atoms with Crippen LogP contribution >= 0.6 is 0 Å². The number of piperidine rings is 1. The van der Waals surface area contributed by atoms with Crippen LogP contribution in [0.25, 0.3) is 11.1 Å². The van der Waals surface area contributed by atoms with E-state index in [4.69, 9.17) is 0 Å². The van der Waals surface area contributed by atoms with Gasteiger partial charge in [-0.1, -0.05) is 54.6 Å². The van der Waals surface area contributed by atoms with Crippen molar-refractivity contribution >= 4 is 5.84 Å². The molecule has 0 aliphatic carbocycles. The zero-order valence-electron chi connectivity index (χ0n) is 13.6. The number of amidine groups is 1. The lowest BCUT2D eigenvalue weighted by Gasteiger charge is -2.34. The van der Waals surface area contributed by atoms with Crippen LogP contribution in [0.2, 0.25) is 0 Å². The molecule has 1 atom stereocenters. The Labute approximate surface area is 138 Å². The fraction of sp³-hybridized carbons (Fsp3) is 0.381. The Morgan fingerprint density at radius 3 is 2.39 bits per heavy atom. The normalized spacial score (nSPS) is 21.3. The van der Waals surface area contributed by atoms with Gasteiger partial charge < -0.3 is 4.90 Å². The van der Waals surface area contributed by atoms with E-state index in [1.54, 1.807) is 0 Å². The first-order valence-corrected chi connectivity index (χ1v) is 8.84. The Balaban J connectivity index is 1.49. The molecule has 2 aliphatic heterocycles. The lowest BCUT2D eigenvalue weighted by molar-refractivity contribution is 0.306. The van der Waals surface area contributed by atoms with E-state index in [2.05, 4.69) is 64.5 Å². The molecule has 1 unspecified atom stereocenters. The molecule has 0 radical (unpaired) electrons. The van der Waals surface area contributed by atoms with Crippen molar-refractivity contribution in [1.29, 1.82) is 0 Å². The topological polar surface area (TPSA) is 15.6 Å². The Morgan fingerprint density at radius 1 is 0.870 bits per heavy atom.